The molecule has 0 atom stereocenters. The number of rotatable bonds is 4. The van der Waals surface area contributed by atoms with Crippen molar-refractivity contribution in [2.75, 3.05) is 14.2 Å². The third-order valence-corrected chi connectivity index (χ3v) is 3.58. The summed E-state index contributed by atoms with van der Waals surface area (Å²) in [6, 6.07) is 3.84. The van der Waals surface area contributed by atoms with Gasteiger partial charge in [0.25, 0.3) is 0 Å². The highest BCUT2D eigenvalue weighted by Crippen LogP contribution is 2.36. The van der Waals surface area contributed by atoms with E-state index in [9.17, 15) is 0 Å². The van der Waals surface area contributed by atoms with Gasteiger partial charge in [0, 0.05) is 23.6 Å². The fourth-order valence-electron chi connectivity index (χ4n) is 1.85. The van der Waals surface area contributed by atoms with Gasteiger partial charge in [0.1, 0.15) is 16.5 Å². The van der Waals surface area contributed by atoms with E-state index in [-0.39, 0.29) is 0 Å². The van der Waals surface area contributed by atoms with Crippen LogP contribution in [0.3, 0.4) is 0 Å². The third kappa shape index (κ3) is 2.32. The number of aromatic nitrogens is 1. The van der Waals surface area contributed by atoms with Crippen molar-refractivity contribution < 1.29 is 9.47 Å². The van der Waals surface area contributed by atoms with Crippen LogP contribution in [0.1, 0.15) is 10.6 Å². The standard InChI is InChI=1S/C13H16N2O2S/c1-8-4-9(16-2)5-11(17-3)13(8)10-7-18-12(6-14)15-10/h4-5,7H,6,14H2,1-3H3. The molecule has 5 heteroatoms. The minimum absolute atomic E-state index is 0.461. The first-order valence-electron chi connectivity index (χ1n) is 5.57. The Morgan fingerprint density at radius 2 is 2.06 bits per heavy atom. The Bertz CT molecular complexity index is 552. The molecule has 1 heterocycles. The number of hydrogen-bond donors (Lipinski definition) is 1. The largest absolute Gasteiger partial charge is 0.497 e. The molecular weight excluding hydrogens is 248 g/mol. The third-order valence-electron chi connectivity index (χ3n) is 2.71. The lowest BCUT2D eigenvalue weighted by Gasteiger charge is -2.12. The van der Waals surface area contributed by atoms with Crippen LogP contribution in [0.25, 0.3) is 11.3 Å². The molecule has 2 N–H and O–H groups in total. The second-order valence-electron chi connectivity index (χ2n) is 3.85. The van der Waals surface area contributed by atoms with Crippen molar-refractivity contribution in [2.24, 2.45) is 5.73 Å². The predicted molar refractivity (Wildman–Crippen MR) is 73.3 cm³/mol. The number of nitrogens with two attached hydrogens (primary N) is 1. The van der Waals surface area contributed by atoms with Gasteiger partial charge in [0.15, 0.2) is 0 Å². The molecule has 2 aromatic rings. The summed E-state index contributed by atoms with van der Waals surface area (Å²) in [6.07, 6.45) is 0. The molecule has 0 saturated carbocycles. The molecule has 0 amide bonds. The smallest absolute Gasteiger partial charge is 0.132 e. The molecule has 0 aliphatic heterocycles. The molecule has 0 spiro atoms. The minimum atomic E-state index is 0.461. The highest BCUT2D eigenvalue weighted by Gasteiger charge is 2.14. The minimum Gasteiger partial charge on any atom is -0.497 e. The summed E-state index contributed by atoms with van der Waals surface area (Å²) in [5, 5.41) is 2.92. The summed E-state index contributed by atoms with van der Waals surface area (Å²) in [6.45, 7) is 2.48. The lowest BCUT2D eigenvalue weighted by atomic mass is 10.0. The quantitative estimate of drug-likeness (QED) is 0.922. The van der Waals surface area contributed by atoms with E-state index >= 15 is 0 Å². The summed E-state index contributed by atoms with van der Waals surface area (Å²) in [5.41, 5.74) is 8.56. The van der Waals surface area contributed by atoms with Crippen molar-refractivity contribution in [1.29, 1.82) is 0 Å². The zero-order valence-corrected chi connectivity index (χ0v) is 11.5. The van der Waals surface area contributed by atoms with Crippen molar-refractivity contribution in [3.63, 3.8) is 0 Å². The maximum absolute atomic E-state index is 5.59. The summed E-state index contributed by atoms with van der Waals surface area (Å²) in [5.74, 6) is 1.54. The number of methoxy groups -OCH3 is 2. The summed E-state index contributed by atoms with van der Waals surface area (Å²) in [4.78, 5) is 4.50. The Hall–Kier alpha value is -1.59. The first-order chi connectivity index (χ1) is 8.69. The zero-order chi connectivity index (χ0) is 13.1. The molecule has 4 nitrogen and oxygen atoms in total. The van der Waals surface area contributed by atoms with Gasteiger partial charge in [-0.3, -0.25) is 0 Å². The Kier molecular flexibility index (Phi) is 3.84. The maximum Gasteiger partial charge on any atom is 0.132 e. The van der Waals surface area contributed by atoms with Gasteiger partial charge >= 0.3 is 0 Å². The highest BCUT2D eigenvalue weighted by molar-refractivity contribution is 7.09. The number of aryl methyl sites for hydroxylation is 1. The van der Waals surface area contributed by atoms with Gasteiger partial charge in [0.2, 0.25) is 0 Å². The molecule has 0 radical (unpaired) electrons. The number of hydrogen-bond acceptors (Lipinski definition) is 5. The van der Waals surface area contributed by atoms with Crippen LogP contribution in [0, 0.1) is 6.92 Å². The van der Waals surface area contributed by atoms with Crippen LogP contribution in [-0.4, -0.2) is 19.2 Å². The fraction of sp³-hybridized carbons (Fsp3) is 0.308. The maximum atomic E-state index is 5.59. The summed E-state index contributed by atoms with van der Waals surface area (Å²) >= 11 is 1.56. The number of benzene rings is 1. The molecule has 0 aliphatic rings. The zero-order valence-electron chi connectivity index (χ0n) is 10.7. The second-order valence-corrected chi connectivity index (χ2v) is 4.79. The SMILES string of the molecule is COc1cc(C)c(-c2csc(CN)n2)c(OC)c1. The Labute approximate surface area is 110 Å². The topological polar surface area (TPSA) is 57.4 Å². The Balaban J connectivity index is 2.55. The molecule has 0 bridgehead atoms. The van der Waals surface area contributed by atoms with Crippen LogP contribution in [-0.2, 0) is 6.54 Å². The Morgan fingerprint density at radius 1 is 1.28 bits per heavy atom. The fourth-order valence-corrected chi connectivity index (χ4v) is 2.51. The van der Waals surface area contributed by atoms with E-state index < -0.39 is 0 Å². The van der Waals surface area contributed by atoms with Crippen LogP contribution in [0.2, 0.25) is 0 Å². The first kappa shape index (κ1) is 12.9. The number of ether oxygens (including phenoxy) is 2. The van der Waals surface area contributed by atoms with Crippen LogP contribution < -0.4 is 15.2 Å². The van der Waals surface area contributed by atoms with Gasteiger partial charge in [-0.05, 0) is 18.6 Å². The van der Waals surface area contributed by atoms with Gasteiger partial charge < -0.3 is 15.2 Å². The van der Waals surface area contributed by atoms with Gasteiger partial charge in [0.05, 0.1) is 19.9 Å². The Morgan fingerprint density at radius 3 is 2.61 bits per heavy atom. The monoisotopic (exact) mass is 264 g/mol. The van der Waals surface area contributed by atoms with Crippen LogP contribution in [0.15, 0.2) is 17.5 Å². The highest BCUT2D eigenvalue weighted by atomic mass is 32.1. The van der Waals surface area contributed by atoms with E-state index in [1.807, 2.05) is 24.4 Å². The average Bonchev–Trinajstić information content (AvgIpc) is 2.85. The van der Waals surface area contributed by atoms with E-state index in [2.05, 4.69) is 4.98 Å². The van der Waals surface area contributed by atoms with E-state index in [0.29, 0.717) is 6.54 Å². The molecular formula is C13H16N2O2S. The molecule has 0 fully saturated rings. The molecule has 96 valence electrons. The molecule has 2 rings (SSSR count). The molecule has 1 aromatic heterocycles. The predicted octanol–water partition coefficient (Wildman–Crippen LogP) is 2.59. The van der Waals surface area contributed by atoms with Crippen LogP contribution in [0.4, 0.5) is 0 Å². The van der Waals surface area contributed by atoms with Crippen molar-refractivity contribution in [2.45, 2.75) is 13.5 Å². The normalized spacial score (nSPS) is 10.4. The van der Waals surface area contributed by atoms with Gasteiger partial charge in [-0.1, -0.05) is 0 Å². The van der Waals surface area contributed by atoms with Crippen molar-refractivity contribution in [1.82, 2.24) is 4.98 Å². The van der Waals surface area contributed by atoms with Gasteiger partial charge in [-0.15, -0.1) is 11.3 Å². The summed E-state index contributed by atoms with van der Waals surface area (Å²) in [7, 11) is 3.29. The van der Waals surface area contributed by atoms with Crippen molar-refractivity contribution in [3.05, 3.63) is 28.1 Å². The molecule has 0 saturated heterocycles. The second kappa shape index (κ2) is 5.37. The lowest BCUT2D eigenvalue weighted by Crippen LogP contribution is -1.96. The van der Waals surface area contributed by atoms with Crippen molar-refractivity contribution in [3.8, 4) is 22.8 Å². The summed E-state index contributed by atoms with van der Waals surface area (Å²) < 4.78 is 10.7. The van der Waals surface area contributed by atoms with E-state index in [1.54, 1.807) is 25.6 Å². The van der Waals surface area contributed by atoms with Crippen LogP contribution >= 0.6 is 11.3 Å². The van der Waals surface area contributed by atoms with Crippen molar-refractivity contribution >= 4 is 11.3 Å². The van der Waals surface area contributed by atoms with E-state index in [4.69, 9.17) is 15.2 Å². The molecule has 0 aliphatic carbocycles. The van der Waals surface area contributed by atoms with E-state index in [1.165, 1.54) is 0 Å². The first-order valence-corrected chi connectivity index (χ1v) is 6.45. The lowest BCUT2D eigenvalue weighted by molar-refractivity contribution is 0.395. The van der Waals surface area contributed by atoms with E-state index in [0.717, 1.165) is 33.3 Å². The number of thiazole rings is 1. The average molecular weight is 264 g/mol. The van der Waals surface area contributed by atoms with Gasteiger partial charge in [-0.25, -0.2) is 4.98 Å². The number of nitrogens with zero attached hydrogens (tertiary/aromatic N) is 1. The van der Waals surface area contributed by atoms with Gasteiger partial charge in [-0.2, -0.15) is 0 Å². The molecule has 18 heavy (non-hydrogen) atoms. The molecule has 1 aromatic carbocycles. The van der Waals surface area contributed by atoms with Crippen LogP contribution in [0.5, 0.6) is 11.5 Å². The molecule has 0 unspecified atom stereocenters.